The number of ether oxygens (including phenoxy) is 1. The molecule has 0 fully saturated rings. The van der Waals surface area contributed by atoms with E-state index in [1.54, 1.807) is 18.2 Å². The highest BCUT2D eigenvalue weighted by molar-refractivity contribution is 6.42. The molecule has 0 saturated carbocycles. The van der Waals surface area contributed by atoms with Crippen molar-refractivity contribution in [3.63, 3.8) is 0 Å². The lowest BCUT2D eigenvalue weighted by Crippen LogP contribution is -2.45. The van der Waals surface area contributed by atoms with E-state index in [9.17, 15) is 15.0 Å². The molecule has 3 aromatic rings. The van der Waals surface area contributed by atoms with Gasteiger partial charge in [0.05, 0.1) is 16.1 Å². The summed E-state index contributed by atoms with van der Waals surface area (Å²) >= 11 is 11.9. The number of benzene rings is 3. The van der Waals surface area contributed by atoms with Crippen molar-refractivity contribution in [1.29, 1.82) is 0 Å². The van der Waals surface area contributed by atoms with Crippen LogP contribution >= 0.6 is 23.2 Å². The summed E-state index contributed by atoms with van der Waals surface area (Å²) in [5.74, 6) is -0.0780. The normalized spacial score (nSPS) is 13.6. The van der Waals surface area contributed by atoms with E-state index in [-0.39, 0.29) is 18.9 Å². The van der Waals surface area contributed by atoms with Gasteiger partial charge in [0.2, 0.25) is 0 Å². The van der Waals surface area contributed by atoms with Gasteiger partial charge in [-0.05, 0) is 46.4 Å². The van der Waals surface area contributed by atoms with Crippen LogP contribution < -0.4 is 5.32 Å². The van der Waals surface area contributed by atoms with E-state index in [1.165, 1.54) is 0 Å². The monoisotopic (exact) mass is 457 g/mol. The molecule has 0 spiro atoms. The van der Waals surface area contributed by atoms with E-state index in [0.29, 0.717) is 15.6 Å². The third-order valence-corrected chi connectivity index (χ3v) is 6.19. The Balaban J connectivity index is 1.43. The Morgan fingerprint density at radius 2 is 1.55 bits per heavy atom. The molecule has 1 unspecified atom stereocenters. The zero-order valence-electron chi connectivity index (χ0n) is 16.5. The Morgan fingerprint density at radius 1 is 0.935 bits per heavy atom. The van der Waals surface area contributed by atoms with Gasteiger partial charge in [0, 0.05) is 5.92 Å². The van der Waals surface area contributed by atoms with Crippen LogP contribution in [0.5, 0.6) is 0 Å². The van der Waals surface area contributed by atoms with Crippen molar-refractivity contribution < 1.29 is 19.7 Å². The summed E-state index contributed by atoms with van der Waals surface area (Å²) in [5.41, 5.74) is 5.18. The van der Waals surface area contributed by atoms with Crippen LogP contribution in [-0.4, -0.2) is 35.2 Å². The standard InChI is InChI=1S/C24H21Cl2NO4/c25-20-10-9-14(11-21(20)26)12-22(23(28)29)27-24(30)31-13-19-17-7-3-1-5-15(17)16-6-2-4-8-18(16)19/h1-11,19,22-23,28-29H,12-13H2,(H,27,30). The lowest BCUT2D eigenvalue weighted by molar-refractivity contribution is -0.0659. The van der Waals surface area contributed by atoms with Gasteiger partial charge in [0.25, 0.3) is 0 Å². The van der Waals surface area contributed by atoms with Crippen LogP contribution in [0, 0.1) is 0 Å². The molecule has 7 heteroatoms. The summed E-state index contributed by atoms with van der Waals surface area (Å²) in [6.07, 6.45) is -2.34. The fourth-order valence-electron chi connectivity index (χ4n) is 3.94. The minimum atomic E-state index is -1.77. The first kappa shape index (κ1) is 21.7. The summed E-state index contributed by atoms with van der Waals surface area (Å²) in [5, 5.41) is 22.7. The van der Waals surface area contributed by atoms with Gasteiger partial charge < -0.3 is 20.3 Å². The van der Waals surface area contributed by atoms with Crippen molar-refractivity contribution >= 4 is 29.3 Å². The molecule has 0 heterocycles. The Kier molecular flexibility index (Phi) is 6.49. The van der Waals surface area contributed by atoms with Crippen molar-refractivity contribution in [3.8, 4) is 11.1 Å². The Labute approximate surface area is 190 Å². The molecule has 1 atom stereocenters. The average Bonchev–Trinajstić information content (AvgIpc) is 3.08. The number of carbonyl (C=O) groups is 1. The van der Waals surface area contributed by atoms with E-state index in [0.717, 1.165) is 22.3 Å². The van der Waals surface area contributed by atoms with Crippen molar-refractivity contribution in [2.75, 3.05) is 6.61 Å². The molecule has 0 aliphatic heterocycles. The lowest BCUT2D eigenvalue weighted by atomic mass is 9.98. The van der Waals surface area contributed by atoms with Gasteiger partial charge in [-0.1, -0.05) is 77.8 Å². The quantitative estimate of drug-likeness (QED) is 0.466. The maximum Gasteiger partial charge on any atom is 0.407 e. The van der Waals surface area contributed by atoms with Crippen molar-refractivity contribution in [2.24, 2.45) is 0 Å². The zero-order valence-corrected chi connectivity index (χ0v) is 18.0. The van der Waals surface area contributed by atoms with E-state index in [2.05, 4.69) is 17.4 Å². The molecule has 3 aromatic carbocycles. The molecule has 0 aromatic heterocycles. The van der Waals surface area contributed by atoms with Gasteiger partial charge in [0.15, 0.2) is 6.29 Å². The molecule has 0 bridgehead atoms. The molecule has 1 amide bonds. The molecule has 5 nitrogen and oxygen atoms in total. The van der Waals surface area contributed by atoms with Gasteiger partial charge in [-0.2, -0.15) is 0 Å². The SMILES string of the molecule is O=C(NC(Cc1ccc(Cl)c(Cl)c1)C(O)O)OCC1c2ccccc2-c2ccccc21. The number of fused-ring (bicyclic) bond motifs is 3. The Bertz CT molecular complexity index is 1060. The summed E-state index contributed by atoms with van der Waals surface area (Å²) in [6.45, 7) is 0.140. The molecule has 1 aliphatic rings. The zero-order chi connectivity index (χ0) is 22.0. The van der Waals surface area contributed by atoms with Gasteiger partial charge in [0.1, 0.15) is 6.61 Å². The number of amides is 1. The number of aliphatic hydroxyl groups is 2. The van der Waals surface area contributed by atoms with E-state index < -0.39 is 18.4 Å². The van der Waals surface area contributed by atoms with Crippen LogP contribution in [0.1, 0.15) is 22.6 Å². The summed E-state index contributed by atoms with van der Waals surface area (Å²) in [4.78, 5) is 12.4. The number of rotatable bonds is 6. The fraction of sp³-hybridized carbons (Fsp3) is 0.208. The highest BCUT2D eigenvalue weighted by Gasteiger charge is 2.29. The lowest BCUT2D eigenvalue weighted by Gasteiger charge is -2.21. The van der Waals surface area contributed by atoms with Gasteiger partial charge in [-0.3, -0.25) is 0 Å². The molecule has 31 heavy (non-hydrogen) atoms. The number of alkyl carbamates (subject to hydrolysis) is 1. The largest absolute Gasteiger partial charge is 0.449 e. The van der Waals surface area contributed by atoms with Crippen LogP contribution in [0.3, 0.4) is 0 Å². The number of nitrogens with one attached hydrogen (secondary N) is 1. The second-order valence-electron chi connectivity index (χ2n) is 7.44. The Morgan fingerprint density at radius 3 is 2.13 bits per heavy atom. The molecule has 0 saturated heterocycles. The number of carbonyl (C=O) groups excluding carboxylic acids is 1. The van der Waals surface area contributed by atoms with Crippen LogP contribution in [0.4, 0.5) is 4.79 Å². The maximum atomic E-state index is 12.4. The smallest absolute Gasteiger partial charge is 0.407 e. The topological polar surface area (TPSA) is 78.8 Å². The van der Waals surface area contributed by atoms with Crippen LogP contribution in [-0.2, 0) is 11.2 Å². The summed E-state index contributed by atoms with van der Waals surface area (Å²) < 4.78 is 5.48. The Hall–Kier alpha value is -2.57. The molecular weight excluding hydrogens is 437 g/mol. The first-order chi connectivity index (χ1) is 14.9. The van der Waals surface area contributed by atoms with E-state index >= 15 is 0 Å². The van der Waals surface area contributed by atoms with Crippen molar-refractivity contribution in [1.82, 2.24) is 5.32 Å². The highest BCUT2D eigenvalue weighted by Crippen LogP contribution is 2.44. The molecule has 160 valence electrons. The van der Waals surface area contributed by atoms with Gasteiger partial charge in [-0.25, -0.2) is 4.79 Å². The molecule has 0 radical (unpaired) electrons. The van der Waals surface area contributed by atoms with Gasteiger partial charge in [-0.15, -0.1) is 0 Å². The molecule has 4 rings (SSSR count). The first-order valence-corrected chi connectivity index (χ1v) is 10.6. The number of aliphatic hydroxyl groups excluding tert-OH is 1. The molecular formula is C24H21Cl2NO4. The minimum absolute atomic E-state index is 0.0780. The minimum Gasteiger partial charge on any atom is -0.449 e. The second kappa shape index (κ2) is 9.28. The summed E-state index contributed by atoms with van der Waals surface area (Å²) in [7, 11) is 0. The van der Waals surface area contributed by atoms with Crippen LogP contribution in [0.25, 0.3) is 11.1 Å². The van der Waals surface area contributed by atoms with Crippen LogP contribution in [0.2, 0.25) is 10.0 Å². The number of halogens is 2. The third-order valence-electron chi connectivity index (χ3n) is 5.45. The third kappa shape index (κ3) is 4.70. The van der Waals surface area contributed by atoms with Crippen LogP contribution in [0.15, 0.2) is 66.7 Å². The first-order valence-electron chi connectivity index (χ1n) is 9.85. The predicted molar refractivity (Wildman–Crippen MR) is 120 cm³/mol. The van der Waals surface area contributed by atoms with Crippen molar-refractivity contribution in [2.45, 2.75) is 24.7 Å². The second-order valence-corrected chi connectivity index (χ2v) is 8.26. The maximum absolute atomic E-state index is 12.4. The van der Waals surface area contributed by atoms with E-state index in [4.69, 9.17) is 27.9 Å². The number of hydrogen-bond donors (Lipinski definition) is 3. The average molecular weight is 458 g/mol. The molecule has 1 aliphatic carbocycles. The fourth-order valence-corrected chi connectivity index (χ4v) is 4.26. The highest BCUT2D eigenvalue weighted by atomic mass is 35.5. The van der Waals surface area contributed by atoms with E-state index in [1.807, 2.05) is 36.4 Å². The molecule has 3 N–H and O–H groups in total. The predicted octanol–water partition coefficient (Wildman–Crippen LogP) is 4.75. The number of hydrogen-bond acceptors (Lipinski definition) is 4. The van der Waals surface area contributed by atoms with Gasteiger partial charge >= 0.3 is 6.09 Å². The van der Waals surface area contributed by atoms with Crippen molar-refractivity contribution in [3.05, 3.63) is 93.5 Å². The summed E-state index contributed by atoms with van der Waals surface area (Å²) in [6, 6.07) is 20.1.